The molecule has 0 spiro atoms. The van der Waals surface area contributed by atoms with Crippen molar-refractivity contribution in [2.75, 3.05) is 12.3 Å². The van der Waals surface area contributed by atoms with Crippen LogP contribution >= 0.6 is 11.6 Å². The molecule has 106 valence electrons. The molecule has 0 fully saturated rings. The first-order valence-electron chi connectivity index (χ1n) is 5.40. The molecule has 0 unspecified atom stereocenters. The van der Waals surface area contributed by atoms with E-state index in [4.69, 9.17) is 17.3 Å². The molecular weight excluding hydrogens is 283 g/mol. The van der Waals surface area contributed by atoms with E-state index in [1.165, 1.54) is 13.8 Å². The molecule has 2 N–H and O–H groups in total. The highest BCUT2D eigenvalue weighted by Gasteiger charge is 2.35. The lowest BCUT2D eigenvalue weighted by Crippen LogP contribution is -2.43. The highest BCUT2D eigenvalue weighted by Crippen LogP contribution is 2.23. The number of halogens is 4. The van der Waals surface area contributed by atoms with Crippen LogP contribution in [-0.4, -0.2) is 34.6 Å². The maximum absolute atomic E-state index is 12.5. The Morgan fingerprint density at radius 3 is 2.58 bits per heavy atom. The number of hydrogen-bond donors (Lipinski definition) is 1. The lowest BCUT2D eigenvalue weighted by Gasteiger charge is -2.28. The van der Waals surface area contributed by atoms with Crippen molar-refractivity contribution in [1.82, 2.24) is 9.88 Å². The van der Waals surface area contributed by atoms with E-state index in [9.17, 15) is 18.0 Å². The highest BCUT2D eigenvalue weighted by atomic mass is 35.5. The van der Waals surface area contributed by atoms with E-state index < -0.39 is 24.7 Å². The summed E-state index contributed by atoms with van der Waals surface area (Å²) in [6.45, 7) is 1.63. The Bertz CT molecular complexity index is 477. The Balaban J connectivity index is 3.09. The summed E-state index contributed by atoms with van der Waals surface area (Å²) in [5, 5.41) is -0.00624. The third kappa shape index (κ3) is 4.27. The number of nitrogens with two attached hydrogens (primary N) is 1. The molecule has 1 aromatic heterocycles. The number of aromatic nitrogens is 1. The largest absolute Gasteiger partial charge is 0.406 e. The molecule has 0 saturated heterocycles. The number of hydrogen-bond acceptors (Lipinski definition) is 3. The predicted molar refractivity (Wildman–Crippen MR) is 65.9 cm³/mol. The molecule has 0 aliphatic carbocycles. The van der Waals surface area contributed by atoms with Crippen LogP contribution in [0.15, 0.2) is 12.3 Å². The van der Waals surface area contributed by atoms with Gasteiger partial charge in [0.25, 0.3) is 5.91 Å². The Morgan fingerprint density at radius 1 is 1.53 bits per heavy atom. The molecule has 0 radical (unpaired) electrons. The molecule has 8 heteroatoms. The topological polar surface area (TPSA) is 59.2 Å². The van der Waals surface area contributed by atoms with Crippen LogP contribution in [-0.2, 0) is 0 Å². The molecule has 0 aliphatic heterocycles. The predicted octanol–water partition coefficient (Wildman–Crippen LogP) is 2.73. The van der Waals surface area contributed by atoms with Crippen molar-refractivity contribution in [2.24, 2.45) is 0 Å². The van der Waals surface area contributed by atoms with Crippen LogP contribution in [0, 0.1) is 0 Å². The third-order valence-corrected chi connectivity index (χ3v) is 2.57. The lowest BCUT2D eigenvalue weighted by atomic mass is 10.1. The van der Waals surface area contributed by atoms with Crippen LogP contribution < -0.4 is 5.73 Å². The number of carbonyl (C=O) groups is 1. The Kier molecular flexibility index (Phi) is 4.62. The average Bonchev–Trinajstić information content (AvgIpc) is 2.27. The van der Waals surface area contributed by atoms with Gasteiger partial charge in [0.1, 0.15) is 11.7 Å². The first kappa shape index (κ1) is 15.6. The van der Waals surface area contributed by atoms with E-state index in [0.717, 1.165) is 12.3 Å². The van der Waals surface area contributed by atoms with Crippen LogP contribution in [0.3, 0.4) is 0 Å². The van der Waals surface area contributed by atoms with Crippen LogP contribution in [0.1, 0.15) is 24.2 Å². The number of amides is 1. The van der Waals surface area contributed by atoms with Crippen molar-refractivity contribution in [1.29, 1.82) is 0 Å². The van der Waals surface area contributed by atoms with Gasteiger partial charge in [0.05, 0.1) is 17.4 Å². The summed E-state index contributed by atoms with van der Waals surface area (Å²) in [4.78, 5) is 16.4. The first-order valence-corrected chi connectivity index (χ1v) is 5.78. The van der Waals surface area contributed by atoms with Gasteiger partial charge in [0, 0.05) is 6.04 Å². The summed E-state index contributed by atoms with van der Waals surface area (Å²) in [7, 11) is 0. The van der Waals surface area contributed by atoms with E-state index in [1.807, 2.05) is 0 Å². The summed E-state index contributed by atoms with van der Waals surface area (Å²) in [5.74, 6) is -0.825. The van der Waals surface area contributed by atoms with Crippen molar-refractivity contribution in [3.05, 3.63) is 23.0 Å². The van der Waals surface area contributed by atoms with Gasteiger partial charge in [-0.1, -0.05) is 11.6 Å². The summed E-state index contributed by atoms with van der Waals surface area (Å²) in [6, 6.07) is 0.533. The van der Waals surface area contributed by atoms with Crippen LogP contribution in [0.2, 0.25) is 5.15 Å². The van der Waals surface area contributed by atoms with Crippen LogP contribution in [0.5, 0.6) is 0 Å². The zero-order valence-electron chi connectivity index (χ0n) is 10.3. The van der Waals surface area contributed by atoms with E-state index in [-0.39, 0.29) is 16.4 Å². The highest BCUT2D eigenvalue weighted by molar-refractivity contribution is 6.29. The summed E-state index contributed by atoms with van der Waals surface area (Å²) in [6.07, 6.45) is -3.34. The molecular formula is C11H13ClF3N3O. The minimum atomic E-state index is -4.48. The van der Waals surface area contributed by atoms with Gasteiger partial charge < -0.3 is 10.6 Å². The lowest BCUT2D eigenvalue weighted by molar-refractivity contribution is -0.143. The third-order valence-electron chi connectivity index (χ3n) is 2.37. The standard InChI is InChI=1S/C11H13ClF3N3O/c1-6(2)18(5-11(13,14)15)10(19)7-3-9(12)17-4-8(7)16/h3-4,6H,5,16H2,1-2H3. The molecule has 1 rings (SSSR count). The molecule has 4 nitrogen and oxygen atoms in total. The second-order valence-electron chi connectivity index (χ2n) is 4.24. The quantitative estimate of drug-likeness (QED) is 0.872. The van der Waals surface area contributed by atoms with Gasteiger partial charge in [-0.2, -0.15) is 13.2 Å². The number of anilines is 1. The summed E-state index contributed by atoms with van der Waals surface area (Å²) >= 11 is 5.62. The molecule has 0 bridgehead atoms. The van der Waals surface area contributed by atoms with Crippen LogP contribution in [0.25, 0.3) is 0 Å². The van der Waals surface area contributed by atoms with Gasteiger partial charge in [0.15, 0.2) is 0 Å². The summed E-state index contributed by atoms with van der Waals surface area (Å²) < 4.78 is 37.4. The van der Waals surface area contributed by atoms with E-state index in [2.05, 4.69) is 4.98 Å². The van der Waals surface area contributed by atoms with E-state index in [0.29, 0.717) is 4.90 Å². The minimum absolute atomic E-state index is 0.00624. The van der Waals surface area contributed by atoms with Crippen molar-refractivity contribution in [3.63, 3.8) is 0 Å². The van der Waals surface area contributed by atoms with Crippen molar-refractivity contribution in [3.8, 4) is 0 Å². The fraction of sp³-hybridized carbons (Fsp3) is 0.455. The molecule has 0 aliphatic rings. The maximum Gasteiger partial charge on any atom is 0.406 e. The number of carbonyl (C=O) groups excluding carboxylic acids is 1. The molecule has 1 heterocycles. The number of nitrogens with zero attached hydrogens (tertiary/aromatic N) is 2. The minimum Gasteiger partial charge on any atom is -0.397 e. The normalized spacial score (nSPS) is 11.7. The molecule has 0 saturated carbocycles. The number of pyridine rings is 1. The zero-order valence-corrected chi connectivity index (χ0v) is 11.1. The fourth-order valence-electron chi connectivity index (χ4n) is 1.46. The van der Waals surface area contributed by atoms with E-state index >= 15 is 0 Å². The van der Waals surface area contributed by atoms with Crippen LogP contribution in [0.4, 0.5) is 18.9 Å². The Morgan fingerprint density at radius 2 is 2.11 bits per heavy atom. The van der Waals surface area contributed by atoms with Gasteiger partial charge >= 0.3 is 6.18 Å². The second kappa shape index (κ2) is 5.64. The van der Waals surface area contributed by atoms with E-state index in [1.54, 1.807) is 0 Å². The zero-order chi connectivity index (χ0) is 14.8. The van der Waals surface area contributed by atoms with Gasteiger partial charge in [0.2, 0.25) is 0 Å². The number of nitrogen functional groups attached to an aromatic ring is 1. The Labute approximate surface area is 113 Å². The van der Waals surface area contributed by atoms with Crippen molar-refractivity contribution < 1.29 is 18.0 Å². The smallest absolute Gasteiger partial charge is 0.397 e. The molecule has 19 heavy (non-hydrogen) atoms. The number of alkyl halides is 3. The van der Waals surface area contributed by atoms with Gasteiger partial charge in [-0.3, -0.25) is 4.79 Å². The van der Waals surface area contributed by atoms with Gasteiger partial charge in [-0.25, -0.2) is 4.98 Å². The first-order chi connectivity index (χ1) is 8.61. The monoisotopic (exact) mass is 295 g/mol. The van der Waals surface area contributed by atoms with Gasteiger partial charge in [-0.15, -0.1) is 0 Å². The molecule has 1 aromatic rings. The fourth-order valence-corrected chi connectivity index (χ4v) is 1.62. The van der Waals surface area contributed by atoms with Gasteiger partial charge in [-0.05, 0) is 19.9 Å². The maximum atomic E-state index is 12.5. The molecule has 0 atom stereocenters. The molecule has 1 amide bonds. The van der Waals surface area contributed by atoms with Crippen molar-refractivity contribution >= 4 is 23.2 Å². The average molecular weight is 296 g/mol. The second-order valence-corrected chi connectivity index (χ2v) is 4.62. The summed E-state index contributed by atoms with van der Waals surface area (Å²) in [5.41, 5.74) is 5.45. The SMILES string of the molecule is CC(C)N(CC(F)(F)F)C(=O)c1cc(Cl)ncc1N. The van der Waals surface area contributed by atoms with Crippen molar-refractivity contribution in [2.45, 2.75) is 26.1 Å². The number of rotatable bonds is 3. The molecule has 0 aromatic carbocycles. The Hall–Kier alpha value is -1.50.